The monoisotopic (exact) mass is 350 g/mol. The molecule has 1 aromatic heterocycles. The standard InChI is InChI=1S/C21H26N4O/c1-14-8-7-11-16-20(14)24(2)17-12-19(23-15-9-5-4-6-10-15)22-13-18(17)25(3)21(16)26/h7-8,11-13,15H,4-6,9-10H2,1-3H3,(H,22,23). The van der Waals surface area contributed by atoms with Gasteiger partial charge in [0.15, 0.2) is 0 Å². The van der Waals surface area contributed by atoms with E-state index in [4.69, 9.17) is 0 Å². The van der Waals surface area contributed by atoms with Crippen molar-refractivity contribution in [1.29, 1.82) is 0 Å². The quantitative estimate of drug-likeness (QED) is 0.867. The van der Waals surface area contributed by atoms with E-state index in [9.17, 15) is 4.79 Å². The molecule has 5 heteroatoms. The largest absolute Gasteiger partial charge is 0.367 e. The average Bonchev–Trinajstić information content (AvgIpc) is 2.73. The van der Waals surface area contributed by atoms with Gasteiger partial charge in [-0.25, -0.2) is 4.98 Å². The summed E-state index contributed by atoms with van der Waals surface area (Å²) in [7, 11) is 3.85. The highest BCUT2D eigenvalue weighted by Gasteiger charge is 2.29. The molecule has 4 rings (SSSR count). The second-order valence-electron chi connectivity index (χ2n) is 7.43. The number of fused-ring (bicyclic) bond motifs is 2. The van der Waals surface area contributed by atoms with Gasteiger partial charge in [-0.1, -0.05) is 31.4 Å². The van der Waals surface area contributed by atoms with Crippen molar-refractivity contribution in [2.24, 2.45) is 0 Å². The van der Waals surface area contributed by atoms with E-state index in [2.05, 4.69) is 34.3 Å². The van der Waals surface area contributed by atoms with Crippen molar-refractivity contribution in [3.05, 3.63) is 41.6 Å². The predicted molar refractivity (Wildman–Crippen MR) is 107 cm³/mol. The molecule has 1 aliphatic carbocycles. The van der Waals surface area contributed by atoms with Crippen molar-refractivity contribution in [3.63, 3.8) is 0 Å². The van der Waals surface area contributed by atoms with Gasteiger partial charge in [-0.3, -0.25) is 4.79 Å². The number of hydrogen-bond donors (Lipinski definition) is 1. The van der Waals surface area contributed by atoms with E-state index in [1.807, 2.05) is 32.4 Å². The molecule has 1 fully saturated rings. The zero-order chi connectivity index (χ0) is 18.3. The van der Waals surface area contributed by atoms with Gasteiger partial charge >= 0.3 is 0 Å². The SMILES string of the molecule is Cc1cccc2c1N(C)c1cc(NC3CCCCC3)ncc1N(C)C2=O. The average molecular weight is 350 g/mol. The van der Waals surface area contributed by atoms with E-state index < -0.39 is 0 Å². The summed E-state index contributed by atoms with van der Waals surface area (Å²) < 4.78 is 0. The normalized spacial score (nSPS) is 17.6. The highest BCUT2D eigenvalue weighted by molar-refractivity contribution is 6.14. The van der Waals surface area contributed by atoms with Crippen LogP contribution in [0.5, 0.6) is 0 Å². The van der Waals surface area contributed by atoms with Crippen molar-refractivity contribution < 1.29 is 4.79 Å². The number of anilines is 4. The fourth-order valence-electron chi connectivity index (χ4n) is 4.19. The molecular formula is C21H26N4O. The van der Waals surface area contributed by atoms with E-state index in [1.165, 1.54) is 32.1 Å². The number of benzene rings is 1. The van der Waals surface area contributed by atoms with Gasteiger partial charge in [0.05, 0.1) is 28.8 Å². The lowest BCUT2D eigenvalue weighted by molar-refractivity contribution is 0.0994. The summed E-state index contributed by atoms with van der Waals surface area (Å²) in [6, 6.07) is 8.47. The van der Waals surface area contributed by atoms with Gasteiger partial charge in [-0.15, -0.1) is 0 Å². The van der Waals surface area contributed by atoms with Gasteiger partial charge in [-0.2, -0.15) is 0 Å². The van der Waals surface area contributed by atoms with E-state index in [0.717, 1.165) is 34.0 Å². The Labute approximate surface area is 155 Å². The van der Waals surface area contributed by atoms with Gasteiger partial charge in [0.25, 0.3) is 5.91 Å². The minimum absolute atomic E-state index is 0.00379. The van der Waals surface area contributed by atoms with Gasteiger partial charge < -0.3 is 15.1 Å². The van der Waals surface area contributed by atoms with Gasteiger partial charge in [0.2, 0.25) is 0 Å². The van der Waals surface area contributed by atoms with Crippen LogP contribution in [0.2, 0.25) is 0 Å². The van der Waals surface area contributed by atoms with Crippen molar-refractivity contribution in [3.8, 4) is 0 Å². The van der Waals surface area contributed by atoms with Crippen LogP contribution < -0.4 is 15.1 Å². The zero-order valence-electron chi connectivity index (χ0n) is 15.7. The molecule has 0 unspecified atom stereocenters. The fraction of sp³-hybridized carbons (Fsp3) is 0.429. The summed E-state index contributed by atoms with van der Waals surface area (Å²) in [5.74, 6) is 0.893. The number of aryl methyl sites for hydroxylation is 1. The molecule has 0 bridgehead atoms. The molecule has 1 N–H and O–H groups in total. The molecule has 26 heavy (non-hydrogen) atoms. The lowest BCUT2D eigenvalue weighted by Gasteiger charge is -2.26. The number of pyridine rings is 1. The van der Waals surface area contributed by atoms with E-state index in [1.54, 1.807) is 4.90 Å². The minimum atomic E-state index is 0.00379. The molecule has 5 nitrogen and oxygen atoms in total. The number of amides is 1. The Morgan fingerprint density at radius 2 is 1.85 bits per heavy atom. The Morgan fingerprint density at radius 1 is 1.08 bits per heavy atom. The van der Waals surface area contributed by atoms with Crippen LogP contribution in [0.3, 0.4) is 0 Å². The van der Waals surface area contributed by atoms with Crippen LogP contribution in [0, 0.1) is 6.92 Å². The van der Waals surface area contributed by atoms with Crippen molar-refractivity contribution in [2.75, 3.05) is 29.2 Å². The van der Waals surface area contributed by atoms with Crippen LogP contribution >= 0.6 is 0 Å². The minimum Gasteiger partial charge on any atom is -0.367 e. The molecular weight excluding hydrogens is 324 g/mol. The Kier molecular flexibility index (Phi) is 4.31. The van der Waals surface area contributed by atoms with Crippen molar-refractivity contribution in [1.82, 2.24) is 4.98 Å². The maximum absolute atomic E-state index is 13.0. The molecule has 1 amide bonds. The number of para-hydroxylation sites is 1. The highest BCUT2D eigenvalue weighted by atomic mass is 16.2. The number of aromatic nitrogens is 1. The first-order valence-electron chi connectivity index (χ1n) is 9.44. The fourth-order valence-corrected chi connectivity index (χ4v) is 4.19. The molecule has 2 aromatic rings. The molecule has 1 aliphatic heterocycles. The first-order valence-corrected chi connectivity index (χ1v) is 9.44. The van der Waals surface area contributed by atoms with Crippen LogP contribution in [0.15, 0.2) is 30.5 Å². The topological polar surface area (TPSA) is 48.5 Å². The Morgan fingerprint density at radius 3 is 2.62 bits per heavy atom. The number of carbonyl (C=O) groups excluding carboxylic acids is 1. The third-order valence-electron chi connectivity index (χ3n) is 5.65. The number of nitrogens with zero attached hydrogens (tertiary/aromatic N) is 3. The lowest BCUT2D eigenvalue weighted by atomic mass is 9.95. The number of rotatable bonds is 2. The molecule has 1 saturated carbocycles. The summed E-state index contributed by atoms with van der Waals surface area (Å²) >= 11 is 0. The molecule has 2 heterocycles. The highest BCUT2D eigenvalue weighted by Crippen LogP contribution is 2.41. The number of hydrogen-bond acceptors (Lipinski definition) is 4. The molecule has 1 aromatic carbocycles. The summed E-state index contributed by atoms with van der Waals surface area (Å²) in [6.45, 7) is 2.05. The summed E-state index contributed by atoms with van der Waals surface area (Å²) in [5.41, 5.74) is 4.63. The third-order valence-corrected chi connectivity index (χ3v) is 5.65. The van der Waals surface area contributed by atoms with Crippen molar-refractivity contribution >= 4 is 28.8 Å². The summed E-state index contributed by atoms with van der Waals surface area (Å²) in [4.78, 5) is 21.4. The van der Waals surface area contributed by atoms with Gasteiger partial charge in [0, 0.05) is 26.2 Å². The van der Waals surface area contributed by atoms with Gasteiger partial charge in [0.1, 0.15) is 5.82 Å². The number of nitrogens with one attached hydrogen (secondary N) is 1. The van der Waals surface area contributed by atoms with Crippen LogP contribution in [-0.2, 0) is 0 Å². The van der Waals surface area contributed by atoms with Crippen molar-refractivity contribution in [2.45, 2.75) is 45.1 Å². The first kappa shape index (κ1) is 16.9. The molecule has 0 saturated heterocycles. The summed E-state index contributed by atoms with van der Waals surface area (Å²) in [5, 5.41) is 3.60. The maximum Gasteiger partial charge on any atom is 0.260 e. The molecule has 0 radical (unpaired) electrons. The Bertz CT molecular complexity index is 842. The smallest absolute Gasteiger partial charge is 0.260 e. The van der Waals surface area contributed by atoms with Crippen LogP contribution in [0.25, 0.3) is 0 Å². The zero-order valence-corrected chi connectivity index (χ0v) is 15.7. The molecule has 0 atom stereocenters. The second kappa shape index (κ2) is 6.63. The van der Waals surface area contributed by atoms with Crippen LogP contribution in [-0.4, -0.2) is 31.0 Å². The molecule has 2 aliphatic rings. The predicted octanol–water partition coefficient (Wildman–Crippen LogP) is 4.49. The van der Waals surface area contributed by atoms with E-state index in [-0.39, 0.29) is 5.91 Å². The Hall–Kier alpha value is -2.56. The van der Waals surface area contributed by atoms with E-state index in [0.29, 0.717) is 6.04 Å². The summed E-state index contributed by atoms with van der Waals surface area (Å²) in [6.07, 6.45) is 8.13. The van der Waals surface area contributed by atoms with Crippen LogP contribution in [0.1, 0.15) is 48.0 Å². The Balaban J connectivity index is 1.76. The second-order valence-corrected chi connectivity index (χ2v) is 7.43. The van der Waals surface area contributed by atoms with E-state index >= 15 is 0 Å². The lowest BCUT2D eigenvalue weighted by Crippen LogP contribution is -2.26. The van der Waals surface area contributed by atoms with Gasteiger partial charge in [-0.05, 0) is 31.4 Å². The third kappa shape index (κ3) is 2.81. The maximum atomic E-state index is 13.0. The first-order chi connectivity index (χ1) is 12.6. The van der Waals surface area contributed by atoms with Crippen LogP contribution in [0.4, 0.5) is 22.9 Å². The molecule has 0 spiro atoms. The number of carbonyl (C=O) groups is 1. The molecule has 136 valence electrons.